The van der Waals surface area contributed by atoms with Crippen molar-refractivity contribution in [2.45, 2.75) is 59.5 Å². The van der Waals surface area contributed by atoms with E-state index in [1.54, 1.807) is 30.2 Å². The highest BCUT2D eigenvalue weighted by Gasteiger charge is 2.46. The van der Waals surface area contributed by atoms with E-state index in [2.05, 4.69) is 20.8 Å². The molecule has 5 heteroatoms. The van der Waals surface area contributed by atoms with Gasteiger partial charge in [-0.05, 0) is 72.2 Å². The third-order valence-corrected chi connectivity index (χ3v) is 7.17. The Balaban J connectivity index is 1.89. The molecule has 5 nitrogen and oxygen atoms in total. The van der Waals surface area contributed by atoms with E-state index in [0.717, 1.165) is 33.4 Å². The van der Waals surface area contributed by atoms with Gasteiger partial charge in [0.05, 0.1) is 18.7 Å². The van der Waals surface area contributed by atoms with E-state index in [-0.39, 0.29) is 23.3 Å². The minimum Gasteiger partial charge on any atom is -0.507 e. The first-order valence-corrected chi connectivity index (χ1v) is 12.5. The number of aliphatic hydroxyl groups excluding tert-OH is 1. The SMILES string of the molecule is COc1ccc(/C(O)=C2/C(=O)C(=O)N(Cc3cc(C)ccc3C)C2c2ccc(C(C)(C)C)cc2)c(C)c1. The summed E-state index contributed by atoms with van der Waals surface area (Å²) >= 11 is 0. The molecule has 1 amide bonds. The van der Waals surface area contributed by atoms with Crippen LogP contribution in [-0.2, 0) is 21.5 Å². The fourth-order valence-corrected chi connectivity index (χ4v) is 4.88. The fraction of sp³-hybridized carbons (Fsp3) is 0.312. The van der Waals surface area contributed by atoms with Crippen LogP contribution in [0.5, 0.6) is 5.75 Å². The Kier molecular flexibility index (Phi) is 7.00. The van der Waals surface area contributed by atoms with E-state index in [9.17, 15) is 14.7 Å². The number of likely N-dealkylation sites (tertiary alicyclic amines) is 1. The third-order valence-electron chi connectivity index (χ3n) is 7.17. The molecule has 3 aromatic carbocycles. The average Bonchev–Trinajstić information content (AvgIpc) is 3.10. The summed E-state index contributed by atoms with van der Waals surface area (Å²) in [6.45, 7) is 12.5. The largest absolute Gasteiger partial charge is 0.507 e. The highest BCUT2D eigenvalue weighted by atomic mass is 16.5. The first-order valence-electron chi connectivity index (χ1n) is 12.5. The molecule has 1 atom stereocenters. The summed E-state index contributed by atoms with van der Waals surface area (Å²) in [5.74, 6) is -0.813. The summed E-state index contributed by atoms with van der Waals surface area (Å²) in [7, 11) is 1.58. The van der Waals surface area contributed by atoms with Gasteiger partial charge in [-0.2, -0.15) is 0 Å². The van der Waals surface area contributed by atoms with Crippen LogP contribution in [0.4, 0.5) is 0 Å². The first kappa shape index (κ1) is 26.2. The van der Waals surface area contributed by atoms with Gasteiger partial charge >= 0.3 is 0 Å². The van der Waals surface area contributed by atoms with E-state index in [1.165, 1.54) is 0 Å². The van der Waals surface area contributed by atoms with Gasteiger partial charge < -0.3 is 14.7 Å². The van der Waals surface area contributed by atoms with Gasteiger partial charge in [0.1, 0.15) is 11.5 Å². The highest BCUT2D eigenvalue weighted by Crippen LogP contribution is 2.41. The topological polar surface area (TPSA) is 66.8 Å². The Morgan fingerprint density at radius 2 is 1.59 bits per heavy atom. The number of methoxy groups -OCH3 is 1. The molecular weight excluding hydrogens is 462 g/mol. The van der Waals surface area contributed by atoms with Crippen molar-refractivity contribution in [2.24, 2.45) is 0 Å². The highest BCUT2D eigenvalue weighted by molar-refractivity contribution is 6.46. The van der Waals surface area contributed by atoms with Crippen LogP contribution in [0.25, 0.3) is 5.76 Å². The minimum absolute atomic E-state index is 0.0424. The molecule has 0 aliphatic carbocycles. The standard InChI is InChI=1S/C32H35NO4/c1-19-8-9-20(2)23(16-19)18-33-28(22-10-12-24(13-11-22)32(4,5)6)27(30(35)31(33)36)29(34)26-15-14-25(37-7)17-21(26)3/h8-17,28,34H,18H2,1-7H3/b29-27-. The second-order valence-electron chi connectivity index (χ2n) is 10.9. The molecule has 1 fully saturated rings. The lowest BCUT2D eigenvalue weighted by molar-refractivity contribution is -0.140. The lowest BCUT2D eigenvalue weighted by Gasteiger charge is -2.27. The molecule has 37 heavy (non-hydrogen) atoms. The number of amides is 1. The molecular formula is C32H35NO4. The van der Waals surface area contributed by atoms with Crippen molar-refractivity contribution in [1.29, 1.82) is 0 Å². The molecule has 1 aliphatic heterocycles. The number of rotatable bonds is 5. The number of Topliss-reactive ketones (excluding diaryl/α,β-unsaturated/α-hetero) is 1. The van der Waals surface area contributed by atoms with Gasteiger partial charge in [-0.3, -0.25) is 9.59 Å². The summed E-state index contributed by atoms with van der Waals surface area (Å²) in [4.78, 5) is 28.5. The van der Waals surface area contributed by atoms with Crippen molar-refractivity contribution in [2.75, 3.05) is 7.11 Å². The lowest BCUT2D eigenvalue weighted by Crippen LogP contribution is -2.29. The van der Waals surface area contributed by atoms with E-state index in [1.807, 2.05) is 63.2 Å². The lowest BCUT2D eigenvalue weighted by atomic mass is 9.85. The normalized spacial score (nSPS) is 17.4. The molecule has 1 N–H and O–H groups in total. The number of benzene rings is 3. The second kappa shape index (κ2) is 9.89. The number of carbonyl (C=O) groups excluding carboxylic acids is 2. The van der Waals surface area contributed by atoms with Gasteiger partial charge in [-0.25, -0.2) is 0 Å². The minimum atomic E-state index is -0.713. The van der Waals surface area contributed by atoms with Gasteiger partial charge in [0.25, 0.3) is 11.7 Å². The van der Waals surface area contributed by atoms with Crippen LogP contribution in [0.3, 0.4) is 0 Å². The number of ketones is 1. The molecule has 0 aromatic heterocycles. The van der Waals surface area contributed by atoms with Crippen molar-refractivity contribution < 1.29 is 19.4 Å². The number of aliphatic hydroxyl groups is 1. The molecule has 4 rings (SSSR count). The number of nitrogens with zero attached hydrogens (tertiary/aromatic N) is 1. The molecule has 192 valence electrons. The van der Waals surface area contributed by atoms with Crippen LogP contribution in [0.1, 0.15) is 65.8 Å². The smallest absolute Gasteiger partial charge is 0.295 e. The Hall–Kier alpha value is -3.86. The van der Waals surface area contributed by atoms with Crippen LogP contribution in [0.2, 0.25) is 0 Å². The average molecular weight is 498 g/mol. The van der Waals surface area contributed by atoms with Crippen molar-refractivity contribution in [3.63, 3.8) is 0 Å². The van der Waals surface area contributed by atoms with Gasteiger partial charge in [0.15, 0.2) is 0 Å². The molecule has 1 aliphatic rings. The van der Waals surface area contributed by atoms with Gasteiger partial charge in [0, 0.05) is 12.1 Å². The maximum atomic E-state index is 13.5. The van der Waals surface area contributed by atoms with Gasteiger partial charge in [0.2, 0.25) is 0 Å². The van der Waals surface area contributed by atoms with Crippen molar-refractivity contribution in [1.82, 2.24) is 4.90 Å². The van der Waals surface area contributed by atoms with Crippen molar-refractivity contribution in [3.05, 3.63) is 105 Å². The molecule has 0 spiro atoms. The number of hydrogen-bond acceptors (Lipinski definition) is 4. The van der Waals surface area contributed by atoms with Gasteiger partial charge in [-0.15, -0.1) is 0 Å². The van der Waals surface area contributed by atoms with E-state index >= 15 is 0 Å². The van der Waals surface area contributed by atoms with E-state index in [4.69, 9.17) is 4.74 Å². The summed E-state index contributed by atoms with van der Waals surface area (Å²) in [5.41, 5.74) is 6.34. The number of carbonyl (C=O) groups is 2. The summed E-state index contributed by atoms with van der Waals surface area (Å²) in [6.07, 6.45) is 0. The van der Waals surface area contributed by atoms with Crippen LogP contribution in [0.15, 0.2) is 66.2 Å². The summed E-state index contributed by atoms with van der Waals surface area (Å²) in [6, 6.07) is 18.6. The van der Waals surface area contributed by atoms with Crippen LogP contribution >= 0.6 is 0 Å². The Morgan fingerprint density at radius 3 is 2.19 bits per heavy atom. The zero-order valence-electron chi connectivity index (χ0n) is 22.7. The molecule has 3 aromatic rings. The Labute approximate surface area is 219 Å². The Morgan fingerprint density at radius 1 is 0.919 bits per heavy atom. The maximum absolute atomic E-state index is 13.5. The fourth-order valence-electron chi connectivity index (χ4n) is 4.88. The molecule has 1 saturated heterocycles. The van der Waals surface area contributed by atoms with Crippen molar-refractivity contribution in [3.8, 4) is 5.75 Å². The number of hydrogen-bond donors (Lipinski definition) is 1. The van der Waals surface area contributed by atoms with Crippen molar-refractivity contribution >= 4 is 17.4 Å². The second-order valence-corrected chi connectivity index (χ2v) is 10.9. The quantitative estimate of drug-likeness (QED) is 0.247. The zero-order chi connectivity index (χ0) is 27.1. The number of aryl methyl sites for hydroxylation is 3. The van der Waals surface area contributed by atoms with Crippen LogP contribution < -0.4 is 4.74 Å². The van der Waals surface area contributed by atoms with E-state index in [0.29, 0.717) is 11.3 Å². The maximum Gasteiger partial charge on any atom is 0.295 e. The predicted molar refractivity (Wildman–Crippen MR) is 147 cm³/mol. The van der Waals surface area contributed by atoms with Gasteiger partial charge in [-0.1, -0.05) is 68.8 Å². The Bertz CT molecular complexity index is 1390. The zero-order valence-corrected chi connectivity index (χ0v) is 22.7. The molecule has 1 heterocycles. The van der Waals surface area contributed by atoms with Crippen LogP contribution in [0, 0.1) is 20.8 Å². The summed E-state index contributed by atoms with van der Waals surface area (Å²) < 4.78 is 5.30. The molecule has 0 saturated carbocycles. The third kappa shape index (κ3) is 5.04. The monoisotopic (exact) mass is 497 g/mol. The molecule has 1 unspecified atom stereocenters. The van der Waals surface area contributed by atoms with E-state index < -0.39 is 17.7 Å². The summed E-state index contributed by atoms with van der Waals surface area (Å²) in [5, 5.41) is 11.5. The van der Waals surface area contributed by atoms with Crippen LogP contribution in [-0.4, -0.2) is 28.8 Å². The number of ether oxygens (including phenoxy) is 1. The predicted octanol–water partition coefficient (Wildman–Crippen LogP) is 6.54. The molecule has 0 radical (unpaired) electrons. The molecule has 0 bridgehead atoms. The first-order chi connectivity index (χ1) is 17.4.